The van der Waals surface area contributed by atoms with Gasteiger partial charge in [0.15, 0.2) is 5.82 Å². The summed E-state index contributed by atoms with van der Waals surface area (Å²) in [5.41, 5.74) is 4.40. The van der Waals surface area contributed by atoms with Crippen molar-refractivity contribution in [1.29, 1.82) is 0 Å². The lowest BCUT2D eigenvalue weighted by Gasteiger charge is -2.17. The van der Waals surface area contributed by atoms with Gasteiger partial charge in [-0.15, -0.1) is 0 Å². The van der Waals surface area contributed by atoms with E-state index in [-0.39, 0.29) is 0 Å². The number of hydrogen-bond acceptors (Lipinski definition) is 2. The highest BCUT2D eigenvalue weighted by molar-refractivity contribution is 5.79. The zero-order valence-corrected chi connectivity index (χ0v) is 9.18. The molecule has 0 bridgehead atoms. The lowest BCUT2D eigenvalue weighted by molar-refractivity contribution is -0.136. The van der Waals surface area contributed by atoms with E-state index in [2.05, 4.69) is 4.98 Å². The molecule has 0 saturated carbocycles. The van der Waals surface area contributed by atoms with Crippen molar-refractivity contribution in [2.45, 2.75) is 18.9 Å². The maximum atomic E-state index is 13.3. The molecule has 2 rings (SSSR count). The van der Waals surface area contributed by atoms with Gasteiger partial charge in [0.2, 0.25) is 5.95 Å². The highest BCUT2D eigenvalue weighted by atomic mass is 19.3. The molecule has 0 radical (unpaired) electrons. The van der Waals surface area contributed by atoms with Crippen molar-refractivity contribution in [3.8, 4) is 0 Å². The van der Waals surface area contributed by atoms with Crippen LogP contribution in [0.2, 0.25) is 0 Å². The molecule has 0 aliphatic heterocycles. The van der Waals surface area contributed by atoms with E-state index in [4.69, 9.17) is 5.73 Å². The normalized spacial score (nSPS) is 12.6. The summed E-state index contributed by atoms with van der Waals surface area (Å²) in [5, 5.41) is 0. The highest BCUT2D eigenvalue weighted by Crippen LogP contribution is 2.29. The Hall–Kier alpha value is -1.93. The molecule has 2 N–H and O–H groups in total. The summed E-state index contributed by atoms with van der Waals surface area (Å²) in [6.45, 7) is -1.52. The van der Waals surface area contributed by atoms with Crippen LogP contribution in [0, 0.1) is 11.6 Å². The number of hydrogen-bond donors (Lipinski definition) is 1. The van der Waals surface area contributed by atoms with E-state index in [1.165, 1.54) is 0 Å². The summed E-state index contributed by atoms with van der Waals surface area (Å²) in [6.07, 6.45) is -3.93. The second kappa shape index (κ2) is 4.32. The molecule has 1 aromatic carbocycles. The average Bonchev–Trinajstić information content (AvgIpc) is 2.56. The van der Waals surface area contributed by atoms with Crippen LogP contribution in [-0.2, 0) is 6.54 Å². The van der Waals surface area contributed by atoms with Crippen LogP contribution in [0.1, 0.15) is 0 Å². The van der Waals surface area contributed by atoms with E-state index in [1.54, 1.807) is 0 Å². The fourth-order valence-electron chi connectivity index (χ4n) is 1.61. The van der Waals surface area contributed by atoms with E-state index in [0.29, 0.717) is 16.7 Å². The standard InChI is InChI=1S/C10H7F6N3/c11-4-1-5(12)7-6(2-4)19(9(17)18-7)3-10(15,16)8(13)14/h1-2,8H,3H2,(H2,17,18). The predicted molar refractivity (Wildman–Crippen MR) is 55.0 cm³/mol. The van der Waals surface area contributed by atoms with Crippen molar-refractivity contribution in [1.82, 2.24) is 9.55 Å². The van der Waals surface area contributed by atoms with Crippen LogP contribution in [0.15, 0.2) is 12.1 Å². The minimum atomic E-state index is -4.38. The summed E-state index contributed by atoms with van der Waals surface area (Å²) in [4.78, 5) is 3.42. The molecule has 1 aromatic heterocycles. The van der Waals surface area contributed by atoms with Crippen molar-refractivity contribution < 1.29 is 26.3 Å². The molecular formula is C10H7F6N3. The lowest BCUT2D eigenvalue weighted by atomic mass is 10.2. The SMILES string of the molecule is Nc1nc2c(F)cc(F)cc2n1CC(F)(F)C(F)F. The third-order valence-electron chi connectivity index (χ3n) is 2.49. The molecule has 0 aliphatic rings. The van der Waals surface area contributed by atoms with Crippen LogP contribution in [0.25, 0.3) is 11.0 Å². The van der Waals surface area contributed by atoms with Gasteiger partial charge in [-0.05, 0) is 0 Å². The van der Waals surface area contributed by atoms with Crippen molar-refractivity contribution in [3.05, 3.63) is 23.8 Å². The highest BCUT2D eigenvalue weighted by Gasteiger charge is 2.42. The van der Waals surface area contributed by atoms with Crippen molar-refractivity contribution >= 4 is 17.0 Å². The number of aromatic nitrogens is 2. The smallest absolute Gasteiger partial charge is 0.324 e. The number of alkyl halides is 4. The van der Waals surface area contributed by atoms with Gasteiger partial charge >= 0.3 is 12.3 Å². The number of nitrogens with zero attached hydrogens (tertiary/aromatic N) is 2. The maximum absolute atomic E-state index is 13.3. The molecule has 0 amide bonds. The Kier molecular flexibility index (Phi) is 3.07. The second-order valence-electron chi connectivity index (χ2n) is 3.87. The van der Waals surface area contributed by atoms with Gasteiger partial charge in [0.1, 0.15) is 11.3 Å². The molecule has 1 heterocycles. The van der Waals surface area contributed by atoms with Crippen molar-refractivity contribution in [2.75, 3.05) is 5.73 Å². The van der Waals surface area contributed by atoms with Gasteiger partial charge < -0.3 is 10.3 Å². The quantitative estimate of drug-likeness (QED) is 0.880. The molecule has 0 atom stereocenters. The molecule has 19 heavy (non-hydrogen) atoms. The largest absolute Gasteiger partial charge is 0.369 e. The molecule has 0 unspecified atom stereocenters. The van der Waals surface area contributed by atoms with Gasteiger partial charge in [0.25, 0.3) is 0 Å². The first-order valence-corrected chi connectivity index (χ1v) is 4.99. The Bertz CT molecular complexity index is 621. The van der Waals surface area contributed by atoms with E-state index < -0.39 is 47.5 Å². The fourth-order valence-corrected chi connectivity index (χ4v) is 1.61. The van der Waals surface area contributed by atoms with E-state index in [0.717, 1.165) is 0 Å². The molecule has 3 nitrogen and oxygen atoms in total. The van der Waals surface area contributed by atoms with Crippen LogP contribution < -0.4 is 5.73 Å². The van der Waals surface area contributed by atoms with Gasteiger partial charge in [-0.3, -0.25) is 0 Å². The molecule has 0 fully saturated rings. The third kappa shape index (κ3) is 2.32. The zero-order valence-electron chi connectivity index (χ0n) is 9.18. The zero-order chi connectivity index (χ0) is 14.4. The summed E-state index contributed by atoms with van der Waals surface area (Å²) in [5.74, 6) is -7.14. The van der Waals surface area contributed by atoms with Crippen LogP contribution >= 0.6 is 0 Å². The van der Waals surface area contributed by atoms with Crippen LogP contribution in [0.4, 0.5) is 32.3 Å². The van der Waals surface area contributed by atoms with Gasteiger partial charge in [-0.25, -0.2) is 22.5 Å². The topological polar surface area (TPSA) is 43.8 Å². The Labute approximate surface area is 102 Å². The number of fused-ring (bicyclic) bond motifs is 1. The van der Waals surface area contributed by atoms with Gasteiger partial charge in [0.05, 0.1) is 12.1 Å². The number of nitrogen functional groups attached to an aromatic ring is 1. The van der Waals surface area contributed by atoms with E-state index in [1.807, 2.05) is 0 Å². The number of rotatable bonds is 3. The molecule has 0 spiro atoms. The van der Waals surface area contributed by atoms with Crippen LogP contribution in [0.3, 0.4) is 0 Å². The number of benzene rings is 1. The summed E-state index contributed by atoms with van der Waals surface area (Å²) >= 11 is 0. The van der Waals surface area contributed by atoms with Gasteiger partial charge in [-0.2, -0.15) is 8.78 Å². The monoisotopic (exact) mass is 283 g/mol. The Morgan fingerprint density at radius 1 is 1.26 bits per heavy atom. The van der Waals surface area contributed by atoms with Gasteiger partial charge in [-0.1, -0.05) is 0 Å². The summed E-state index contributed by atoms with van der Waals surface area (Å²) in [6, 6.07) is 1.19. The molecule has 0 saturated heterocycles. The number of halogens is 6. The van der Waals surface area contributed by atoms with Crippen LogP contribution in [0.5, 0.6) is 0 Å². The first kappa shape index (κ1) is 13.5. The summed E-state index contributed by atoms with van der Waals surface area (Å²) in [7, 11) is 0. The minimum absolute atomic E-state index is 0.407. The molecular weight excluding hydrogens is 276 g/mol. The Balaban J connectivity index is 2.58. The van der Waals surface area contributed by atoms with Crippen molar-refractivity contribution in [2.24, 2.45) is 0 Å². The molecule has 0 aliphatic carbocycles. The lowest BCUT2D eigenvalue weighted by Crippen LogP contribution is -2.32. The minimum Gasteiger partial charge on any atom is -0.369 e. The number of imidazole rings is 1. The third-order valence-corrected chi connectivity index (χ3v) is 2.49. The second-order valence-corrected chi connectivity index (χ2v) is 3.87. The fraction of sp³-hybridized carbons (Fsp3) is 0.300. The van der Waals surface area contributed by atoms with Crippen LogP contribution in [-0.4, -0.2) is 21.9 Å². The molecule has 104 valence electrons. The molecule has 2 aromatic rings. The number of nitrogens with two attached hydrogens (primary N) is 1. The first-order valence-electron chi connectivity index (χ1n) is 4.99. The maximum Gasteiger partial charge on any atom is 0.324 e. The Morgan fingerprint density at radius 2 is 1.89 bits per heavy atom. The van der Waals surface area contributed by atoms with E-state index in [9.17, 15) is 26.3 Å². The van der Waals surface area contributed by atoms with Crippen molar-refractivity contribution in [3.63, 3.8) is 0 Å². The predicted octanol–water partition coefficient (Wildman–Crippen LogP) is 2.80. The first-order chi connectivity index (χ1) is 8.72. The average molecular weight is 283 g/mol. The van der Waals surface area contributed by atoms with E-state index >= 15 is 0 Å². The molecule has 9 heteroatoms. The number of anilines is 1. The Morgan fingerprint density at radius 3 is 2.47 bits per heavy atom. The van der Waals surface area contributed by atoms with Gasteiger partial charge in [0, 0.05) is 12.1 Å². The summed E-state index contributed by atoms with van der Waals surface area (Å²) < 4.78 is 77.0.